The Kier molecular flexibility index (Phi) is 6.64. The summed E-state index contributed by atoms with van der Waals surface area (Å²) in [4.78, 5) is 26.2. The Morgan fingerprint density at radius 3 is 2.58 bits per heavy atom. The molecule has 1 amide bonds. The van der Waals surface area contributed by atoms with Gasteiger partial charge in [-0.3, -0.25) is 14.2 Å². The highest BCUT2D eigenvalue weighted by Gasteiger charge is 2.25. The maximum atomic E-state index is 14.2. The van der Waals surface area contributed by atoms with Crippen molar-refractivity contribution in [3.63, 3.8) is 0 Å². The van der Waals surface area contributed by atoms with Gasteiger partial charge in [0, 0.05) is 42.9 Å². The van der Waals surface area contributed by atoms with E-state index in [1.165, 1.54) is 0 Å². The number of nitrogens with one attached hydrogen (secondary N) is 1. The molecule has 2 aromatic carbocycles. The first-order valence-corrected chi connectivity index (χ1v) is 13.4. The molecule has 2 aromatic heterocycles. The van der Waals surface area contributed by atoms with E-state index in [-0.39, 0.29) is 23.9 Å². The molecule has 1 N–H and O–H groups in total. The fourth-order valence-electron chi connectivity index (χ4n) is 5.69. The highest BCUT2D eigenvalue weighted by molar-refractivity contribution is 6.16. The Morgan fingerprint density at radius 2 is 1.84 bits per heavy atom. The van der Waals surface area contributed by atoms with Crippen molar-refractivity contribution in [1.29, 1.82) is 0 Å². The maximum Gasteiger partial charge on any atom is 0.257 e. The number of rotatable bonds is 7. The van der Waals surface area contributed by atoms with E-state index < -0.39 is 0 Å². The molecule has 2 aliphatic heterocycles. The van der Waals surface area contributed by atoms with Crippen molar-refractivity contribution in [2.45, 2.75) is 51.5 Å². The molecule has 0 aliphatic carbocycles. The number of amides is 1. The number of ether oxygens (including phenoxy) is 1. The summed E-state index contributed by atoms with van der Waals surface area (Å²) in [6, 6.07) is 18.4. The predicted octanol–water partition coefficient (Wildman–Crippen LogP) is 4.28. The summed E-state index contributed by atoms with van der Waals surface area (Å²) in [5.74, 6) is -0.113. The maximum absolute atomic E-state index is 14.2. The van der Waals surface area contributed by atoms with Gasteiger partial charge in [0.25, 0.3) is 5.56 Å². The lowest BCUT2D eigenvalue weighted by atomic mass is 9.91. The molecule has 4 heterocycles. The van der Waals surface area contributed by atoms with Crippen molar-refractivity contribution >= 4 is 17.3 Å². The topological polar surface area (TPSA) is 90.0 Å². The molecule has 8 heteroatoms. The molecule has 8 nitrogen and oxygen atoms in total. The van der Waals surface area contributed by atoms with Crippen LogP contribution in [0.5, 0.6) is 0 Å². The summed E-state index contributed by atoms with van der Waals surface area (Å²) < 4.78 is 9.48. The Hall–Kier alpha value is -4.04. The number of hydrogen-bond donors (Lipinski definition) is 1. The number of benzene rings is 2. The summed E-state index contributed by atoms with van der Waals surface area (Å²) in [6.45, 7) is 3.43. The van der Waals surface area contributed by atoms with Crippen LogP contribution in [0.3, 0.4) is 0 Å². The summed E-state index contributed by atoms with van der Waals surface area (Å²) in [7, 11) is 0. The second-order valence-electron chi connectivity index (χ2n) is 9.99. The van der Waals surface area contributed by atoms with Gasteiger partial charge in [-0.25, -0.2) is 9.94 Å². The van der Waals surface area contributed by atoms with E-state index in [2.05, 4.69) is 52.9 Å². The fraction of sp³-hybridized carbons (Fsp3) is 0.333. The lowest BCUT2D eigenvalue weighted by molar-refractivity contribution is -0.119. The van der Waals surface area contributed by atoms with Crippen molar-refractivity contribution in [3.05, 3.63) is 93.5 Å². The number of aryl methyl sites for hydroxylation is 1. The smallest absolute Gasteiger partial charge is 0.257 e. The molecule has 2 aliphatic rings. The van der Waals surface area contributed by atoms with Gasteiger partial charge in [-0.15, -0.1) is 0 Å². The molecule has 0 radical (unpaired) electrons. The normalized spacial score (nSPS) is 16.1. The fourth-order valence-corrected chi connectivity index (χ4v) is 5.69. The van der Waals surface area contributed by atoms with Crippen LogP contribution in [-0.4, -0.2) is 39.0 Å². The zero-order valence-electron chi connectivity index (χ0n) is 21.5. The van der Waals surface area contributed by atoms with Crippen molar-refractivity contribution < 1.29 is 9.53 Å². The quantitative estimate of drug-likeness (QED) is 0.403. The zero-order chi connectivity index (χ0) is 26.1. The van der Waals surface area contributed by atoms with E-state index >= 15 is 0 Å². The Balaban J connectivity index is 1.48. The minimum absolute atomic E-state index is 0.0529. The van der Waals surface area contributed by atoms with Crippen LogP contribution in [0.25, 0.3) is 16.8 Å². The van der Waals surface area contributed by atoms with Crippen LogP contribution in [0.15, 0.2) is 70.7 Å². The third kappa shape index (κ3) is 4.45. The van der Waals surface area contributed by atoms with Gasteiger partial charge in [0.05, 0.1) is 24.0 Å². The first-order chi connectivity index (χ1) is 18.6. The van der Waals surface area contributed by atoms with Crippen LogP contribution >= 0.6 is 0 Å². The molecule has 0 spiro atoms. The monoisotopic (exact) mass is 509 g/mol. The van der Waals surface area contributed by atoms with Crippen molar-refractivity contribution in [2.24, 2.45) is 5.10 Å². The van der Waals surface area contributed by atoms with Gasteiger partial charge in [-0.1, -0.05) is 55.8 Å². The summed E-state index contributed by atoms with van der Waals surface area (Å²) in [5, 5.41) is 8.96. The third-order valence-corrected chi connectivity index (χ3v) is 7.50. The predicted molar refractivity (Wildman–Crippen MR) is 147 cm³/mol. The van der Waals surface area contributed by atoms with Crippen LogP contribution in [0, 0.1) is 0 Å². The zero-order valence-corrected chi connectivity index (χ0v) is 21.5. The lowest BCUT2D eigenvalue weighted by Gasteiger charge is -2.26. The van der Waals surface area contributed by atoms with E-state index in [4.69, 9.17) is 4.74 Å². The Bertz CT molecular complexity index is 1580. The van der Waals surface area contributed by atoms with Gasteiger partial charge in [-0.05, 0) is 42.0 Å². The van der Waals surface area contributed by atoms with E-state index in [0.717, 1.165) is 64.8 Å². The second-order valence-corrected chi connectivity index (χ2v) is 9.99. The first-order valence-electron chi connectivity index (χ1n) is 13.4. The number of aromatic nitrogens is 3. The average molecular weight is 510 g/mol. The molecule has 1 fully saturated rings. The van der Waals surface area contributed by atoms with E-state index in [0.29, 0.717) is 25.3 Å². The van der Waals surface area contributed by atoms with Gasteiger partial charge in [0.1, 0.15) is 5.65 Å². The molecule has 0 bridgehead atoms. The minimum Gasteiger partial charge on any atom is -0.381 e. The largest absolute Gasteiger partial charge is 0.381 e. The van der Waals surface area contributed by atoms with E-state index in [9.17, 15) is 9.59 Å². The van der Waals surface area contributed by atoms with Crippen LogP contribution < -0.4 is 11.0 Å². The molecule has 0 unspecified atom stereocenters. The lowest BCUT2D eigenvalue weighted by Crippen LogP contribution is -2.34. The van der Waals surface area contributed by atoms with Crippen molar-refractivity contribution in [2.75, 3.05) is 13.2 Å². The number of fused-ring (bicyclic) bond motifs is 1. The van der Waals surface area contributed by atoms with Gasteiger partial charge in [0.15, 0.2) is 0 Å². The molecule has 0 saturated carbocycles. The highest BCUT2D eigenvalue weighted by Crippen LogP contribution is 2.29. The van der Waals surface area contributed by atoms with Crippen LogP contribution in [0.2, 0.25) is 0 Å². The van der Waals surface area contributed by atoms with Gasteiger partial charge >= 0.3 is 0 Å². The molecule has 38 heavy (non-hydrogen) atoms. The first kappa shape index (κ1) is 24.3. The summed E-state index contributed by atoms with van der Waals surface area (Å²) >= 11 is 0. The molecular formula is C30H31N5O3. The van der Waals surface area contributed by atoms with Crippen molar-refractivity contribution in [3.8, 4) is 11.1 Å². The molecule has 1 saturated heterocycles. The van der Waals surface area contributed by atoms with Gasteiger partial charge in [-0.2, -0.15) is 10.2 Å². The summed E-state index contributed by atoms with van der Waals surface area (Å²) in [6.07, 6.45) is 5.78. The SMILES string of the molecule is CCCc1c(Cc2ccc(-c3ccccc3)c(C3=NNC(=O)C3)c2)c(=O)n(C2CCOCC2)c2ccnn12. The van der Waals surface area contributed by atoms with Crippen LogP contribution in [-0.2, 0) is 22.4 Å². The van der Waals surface area contributed by atoms with Crippen LogP contribution in [0.4, 0.5) is 0 Å². The second kappa shape index (κ2) is 10.4. The molecule has 194 valence electrons. The molecule has 4 aromatic rings. The number of hydrazone groups is 1. The van der Waals surface area contributed by atoms with Crippen LogP contribution in [0.1, 0.15) is 61.0 Å². The van der Waals surface area contributed by atoms with Gasteiger partial charge < -0.3 is 4.74 Å². The number of carbonyl (C=O) groups is 1. The molecule has 6 rings (SSSR count). The summed E-state index contributed by atoms with van der Waals surface area (Å²) in [5.41, 5.74) is 9.92. The average Bonchev–Trinajstić information content (AvgIpc) is 3.61. The Labute approximate surface area is 221 Å². The highest BCUT2D eigenvalue weighted by atomic mass is 16.5. The number of hydrogen-bond acceptors (Lipinski definition) is 5. The van der Waals surface area contributed by atoms with Gasteiger partial charge in [0.2, 0.25) is 5.91 Å². The molecular weight excluding hydrogens is 478 g/mol. The minimum atomic E-state index is -0.113. The van der Waals surface area contributed by atoms with E-state index in [1.54, 1.807) is 6.20 Å². The molecule has 0 atom stereocenters. The van der Waals surface area contributed by atoms with Crippen molar-refractivity contribution in [1.82, 2.24) is 19.6 Å². The van der Waals surface area contributed by atoms with E-state index in [1.807, 2.05) is 33.3 Å². The number of nitrogens with zero attached hydrogens (tertiary/aromatic N) is 4. The Morgan fingerprint density at radius 1 is 1.03 bits per heavy atom. The standard InChI is InChI=1S/C30H31N5O3/c1-2-6-27-25(30(37)34(22-12-15-38-16-13-22)29-11-14-31-35(27)29)18-20-9-10-23(21-7-4-3-5-8-21)24(17-20)26-19-28(36)33-32-26/h3-5,7-11,14,17,22H,2,6,12-13,15-16,18-19H2,1H3,(H,33,36). The third-order valence-electron chi connectivity index (χ3n) is 7.50. The number of carbonyl (C=O) groups excluding carboxylic acids is 1.